The number of carbonyl (C=O) groups is 1. The Morgan fingerprint density at radius 3 is 2.78 bits per heavy atom. The van der Waals surface area contributed by atoms with Gasteiger partial charge in [-0.1, -0.05) is 30.3 Å². The van der Waals surface area contributed by atoms with Crippen LogP contribution in [0.5, 0.6) is 0 Å². The molecule has 5 heteroatoms. The monoisotopic (exact) mass is 308 g/mol. The van der Waals surface area contributed by atoms with Crippen LogP contribution in [0.4, 0.5) is 0 Å². The van der Waals surface area contributed by atoms with Crippen LogP contribution in [0.1, 0.15) is 24.2 Å². The van der Waals surface area contributed by atoms with Crippen LogP contribution >= 0.6 is 0 Å². The Kier molecular flexibility index (Phi) is 4.66. The van der Waals surface area contributed by atoms with Crippen molar-refractivity contribution < 1.29 is 4.79 Å². The molecule has 23 heavy (non-hydrogen) atoms. The number of benzene rings is 1. The minimum absolute atomic E-state index is 0.0637. The second kappa shape index (κ2) is 7.05. The van der Waals surface area contributed by atoms with Crippen LogP contribution in [0, 0.1) is 0 Å². The summed E-state index contributed by atoms with van der Waals surface area (Å²) in [5.41, 5.74) is 3.01. The van der Waals surface area contributed by atoms with Crippen molar-refractivity contribution in [2.45, 2.75) is 25.8 Å². The molecule has 1 aromatic carbocycles. The van der Waals surface area contributed by atoms with Crippen LogP contribution in [0.15, 0.2) is 48.7 Å². The fourth-order valence-electron chi connectivity index (χ4n) is 2.66. The van der Waals surface area contributed by atoms with Crippen molar-refractivity contribution in [2.75, 3.05) is 7.05 Å². The number of aromatic nitrogens is 3. The fourth-order valence-corrected chi connectivity index (χ4v) is 2.66. The van der Waals surface area contributed by atoms with Gasteiger partial charge in [-0.05, 0) is 24.1 Å². The number of hydrogen-bond acceptors (Lipinski definition) is 3. The van der Waals surface area contributed by atoms with Crippen molar-refractivity contribution in [3.8, 4) is 0 Å². The molecular weight excluding hydrogens is 288 g/mol. The van der Waals surface area contributed by atoms with Gasteiger partial charge in [0.05, 0.1) is 6.54 Å². The predicted molar refractivity (Wildman–Crippen MR) is 90.1 cm³/mol. The number of aryl methyl sites for hydroxylation is 1. The average molecular weight is 308 g/mol. The largest absolute Gasteiger partial charge is 0.359 e. The molecule has 0 aliphatic carbocycles. The Morgan fingerprint density at radius 2 is 2.00 bits per heavy atom. The highest BCUT2D eigenvalue weighted by Gasteiger charge is 2.12. The summed E-state index contributed by atoms with van der Waals surface area (Å²) in [6.45, 7) is 0.740. The fraction of sp³-hybridized carbons (Fsp3) is 0.278. The van der Waals surface area contributed by atoms with Crippen molar-refractivity contribution in [1.29, 1.82) is 0 Å². The van der Waals surface area contributed by atoms with Crippen molar-refractivity contribution in [3.63, 3.8) is 0 Å². The van der Waals surface area contributed by atoms with E-state index < -0.39 is 0 Å². The van der Waals surface area contributed by atoms with E-state index in [0.29, 0.717) is 6.42 Å². The topological polar surface area (TPSA) is 59.8 Å². The molecule has 0 atom stereocenters. The van der Waals surface area contributed by atoms with E-state index in [2.05, 4.69) is 27.0 Å². The third-order valence-corrected chi connectivity index (χ3v) is 3.85. The number of fused-ring (bicyclic) bond motifs is 1. The first-order chi connectivity index (χ1) is 11.3. The number of imidazole rings is 1. The highest BCUT2D eigenvalue weighted by atomic mass is 16.1. The molecule has 0 spiro atoms. The maximum atomic E-state index is 11.4. The van der Waals surface area contributed by atoms with Crippen molar-refractivity contribution in [2.24, 2.45) is 0 Å². The van der Waals surface area contributed by atoms with Gasteiger partial charge in [0.25, 0.3) is 0 Å². The lowest BCUT2D eigenvalue weighted by Crippen LogP contribution is -2.17. The lowest BCUT2D eigenvalue weighted by atomic mass is 10.2. The van der Waals surface area contributed by atoms with E-state index >= 15 is 0 Å². The normalized spacial score (nSPS) is 10.8. The molecule has 0 fully saturated rings. The summed E-state index contributed by atoms with van der Waals surface area (Å²) in [6.07, 6.45) is 3.84. The number of nitrogens with one attached hydrogen (secondary N) is 1. The van der Waals surface area contributed by atoms with E-state index in [9.17, 15) is 4.79 Å². The number of carbonyl (C=O) groups excluding carboxylic acids is 1. The SMILES string of the molecule is CNC(=O)CCCc1nc2cccnc2n1Cc1ccccc1. The van der Waals surface area contributed by atoms with Crippen LogP contribution in [-0.2, 0) is 17.8 Å². The summed E-state index contributed by atoms with van der Waals surface area (Å²) in [5.74, 6) is 1.04. The summed E-state index contributed by atoms with van der Waals surface area (Å²) < 4.78 is 2.15. The van der Waals surface area contributed by atoms with Gasteiger partial charge in [-0.3, -0.25) is 4.79 Å². The van der Waals surface area contributed by atoms with Crippen LogP contribution < -0.4 is 5.32 Å². The number of hydrogen-bond donors (Lipinski definition) is 1. The summed E-state index contributed by atoms with van der Waals surface area (Å²) in [6, 6.07) is 14.2. The van der Waals surface area contributed by atoms with E-state index in [1.165, 1.54) is 5.56 Å². The van der Waals surface area contributed by atoms with Crippen molar-refractivity contribution >= 4 is 17.1 Å². The molecule has 3 rings (SSSR count). The second-order valence-electron chi connectivity index (χ2n) is 5.47. The lowest BCUT2D eigenvalue weighted by molar-refractivity contribution is -0.120. The van der Waals surface area contributed by atoms with Gasteiger partial charge >= 0.3 is 0 Å². The molecular formula is C18H20N4O. The molecule has 0 radical (unpaired) electrons. The van der Waals surface area contributed by atoms with Crippen LogP contribution in [-0.4, -0.2) is 27.5 Å². The molecule has 118 valence electrons. The third-order valence-electron chi connectivity index (χ3n) is 3.85. The minimum atomic E-state index is 0.0637. The van der Waals surface area contributed by atoms with Crippen LogP contribution in [0.3, 0.4) is 0 Å². The summed E-state index contributed by atoms with van der Waals surface area (Å²) >= 11 is 0. The molecule has 0 bridgehead atoms. The van der Waals surface area contributed by atoms with Gasteiger partial charge in [0.2, 0.25) is 5.91 Å². The van der Waals surface area contributed by atoms with Gasteiger partial charge in [0.15, 0.2) is 5.65 Å². The Labute approximate surface area is 135 Å². The Morgan fingerprint density at radius 1 is 1.17 bits per heavy atom. The zero-order chi connectivity index (χ0) is 16.1. The summed E-state index contributed by atoms with van der Waals surface area (Å²) in [4.78, 5) is 20.6. The molecule has 2 aromatic heterocycles. The average Bonchev–Trinajstić information content (AvgIpc) is 2.93. The molecule has 5 nitrogen and oxygen atoms in total. The van der Waals surface area contributed by atoms with E-state index in [0.717, 1.165) is 36.4 Å². The standard InChI is InChI=1S/C18H20N4O/c1-19-17(23)11-5-10-16-21-15-9-6-12-20-18(15)22(16)13-14-7-3-2-4-8-14/h2-4,6-9,12H,5,10-11,13H2,1H3,(H,19,23). The molecule has 0 unspecified atom stereocenters. The Hall–Kier alpha value is -2.69. The molecule has 1 N–H and O–H groups in total. The van der Waals surface area contributed by atoms with Crippen LogP contribution in [0.25, 0.3) is 11.2 Å². The second-order valence-corrected chi connectivity index (χ2v) is 5.47. The Bertz CT molecular complexity index is 795. The molecule has 0 aliphatic rings. The van der Waals surface area contributed by atoms with Gasteiger partial charge in [-0.15, -0.1) is 0 Å². The summed E-state index contributed by atoms with van der Waals surface area (Å²) in [5, 5.41) is 2.65. The highest BCUT2D eigenvalue weighted by molar-refractivity contribution is 5.75. The molecule has 1 amide bonds. The van der Waals surface area contributed by atoms with Gasteiger partial charge < -0.3 is 9.88 Å². The maximum absolute atomic E-state index is 11.4. The number of rotatable bonds is 6. The summed E-state index contributed by atoms with van der Waals surface area (Å²) in [7, 11) is 1.66. The highest BCUT2D eigenvalue weighted by Crippen LogP contribution is 2.17. The zero-order valence-corrected chi connectivity index (χ0v) is 13.2. The van der Waals surface area contributed by atoms with Gasteiger partial charge in [-0.25, -0.2) is 9.97 Å². The molecule has 0 saturated carbocycles. The molecule has 3 aromatic rings. The predicted octanol–water partition coefficient (Wildman–Crippen LogP) is 2.55. The van der Waals surface area contributed by atoms with Crippen LogP contribution in [0.2, 0.25) is 0 Å². The van der Waals surface area contributed by atoms with Gasteiger partial charge in [0.1, 0.15) is 11.3 Å². The quantitative estimate of drug-likeness (QED) is 0.761. The third kappa shape index (κ3) is 3.56. The molecule has 2 heterocycles. The first-order valence-electron chi connectivity index (χ1n) is 7.82. The molecule has 0 saturated heterocycles. The smallest absolute Gasteiger partial charge is 0.219 e. The minimum Gasteiger partial charge on any atom is -0.359 e. The maximum Gasteiger partial charge on any atom is 0.219 e. The number of nitrogens with zero attached hydrogens (tertiary/aromatic N) is 3. The van der Waals surface area contributed by atoms with E-state index in [1.54, 1.807) is 13.2 Å². The first-order valence-corrected chi connectivity index (χ1v) is 7.82. The van der Waals surface area contributed by atoms with E-state index in [4.69, 9.17) is 4.98 Å². The van der Waals surface area contributed by atoms with Gasteiger partial charge in [-0.2, -0.15) is 0 Å². The van der Waals surface area contributed by atoms with E-state index in [1.807, 2.05) is 30.3 Å². The van der Waals surface area contributed by atoms with E-state index in [-0.39, 0.29) is 5.91 Å². The lowest BCUT2D eigenvalue weighted by Gasteiger charge is -2.08. The van der Waals surface area contributed by atoms with Gasteiger partial charge in [0, 0.05) is 26.1 Å². The number of pyridine rings is 1. The first kappa shape index (κ1) is 15.2. The zero-order valence-electron chi connectivity index (χ0n) is 13.2. The molecule has 0 aliphatic heterocycles. The van der Waals surface area contributed by atoms with Crippen molar-refractivity contribution in [3.05, 3.63) is 60.0 Å². The number of amides is 1. The van der Waals surface area contributed by atoms with Crippen molar-refractivity contribution in [1.82, 2.24) is 19.9 Å². The Balaban J connectivity index is 1.87.